The number of carbonyl (C=O) groups excluding carboxylic acids is 1. The van der Waals surface area contributed by atoms with Gasteiger partial charge in [-0.25, -0.2) is 9.48 Å². The first kappa shape index (κ1) is 12.0. The third kappa shape index (κ3) is 2.62. The van der Waals surface area contributed by atoms with Crippen molar-refractivity contribution < 1.29 is 14.3 Å². The van der Waals surface area contributed by atoms with Gasteiger partial charge in [0.05, 0.1) is 7.11 Å². The Labute approximate surface area is 103 Å². The highest BCUT2D eigenvalue weighted by Gasteiger charge is 2.12. The molecule has 94 valence electrons. The lowest BCUT2D eigenvalue weighted by atomic mass is 10.3. The van der Waals surface area contributed by atoms with Gasteiger partial charge in [-0.1, -0.05) is 6.07 Å². The second kappa shape index (κ2) is 5.26. The number of aryl methyl sites for hydroxylation is 1. The Morgan fingerprint density at radius 3 is 2.94 bits per heavy atom. The molecule has 2 rings (SSSR count). The molecule has 0 saturated carbocycles. The summed E-state index contributed by atoms with van der Waals surface area (Å²) in [5, 5.41) is 4.03. The van der Waals surface area contributed by atoms with Crippen molar-refractivity contribution in [2.75, 3.05) is 13.7 Å². The molecular weight excluding hydrogens is 236 g/mol. The van der Waals surface area contributed by atoms with Gasteiger partial charge in [0.25, 0.3) is 0 Å². The zero-order chi connectivity index (χ0) is 13.0. The summed E-state index contributed by atoms with van der Waals surface area (Å²) in [5.74, 6) is 0.0808. The number of rotatable bonds is 4. The summed E-state index contributed by atoms with van der Waals surface area (Å²) in [4.78, 5) is 19.2. The molecule has 0 aromatic carbocycles. The standard InChI is InChI=1S/C11H12N4O3/c1-15-10(8-5-3-4-6-12-8)13-11(14-15)18-7-9(16)17-2/h3-6H,7H2,1-2H3. The number of hydrogen-bond acceptors (Lipinski definition) is 6. The van der Waals surface area contributed by atoms with Crippen LogP contribution in [0.3, 0.4) is 0 Å². The largest absolute Gasteiger partial charge is 0.466 e. The quantitative estimate of drug-likeness (QED) is 0.730. The Morgan fingerprint density at radius 2 is 2.28 bits per heavy atom. The van der Waals surface area contributed by atoms with E-state index in [4.69, 9.17) is 4.74 Å². The highest BCUT2D eigenvalue weighted by atomic mass is 16.6. The van der Waals surface area contributed by atoms with E-state index in [1.807, 2.05) is 18.2 Å². The summed E-state index contributed by atoms with van der Waals surface area (Å²) in [6, 6.07) is 5.60. The van der Waals surface area contributed by atoms with Crippen LogP contribution < -0.4 is 4.74 Å². The first-order valence-corrected chi connectivity index (χ1v) is 5.22. The number of pyridine rings is 1. The molecule has 0 radical (unpaired) electrons. The maximum atomic E-state index is 10.9. The molecule has 7 nitrogen and oxygen atoms in total. The Hall–Kier alpha value is -2.44. The number of ether oxygens (including phenoxy) is 2. The van der Waals surface area contributed by atoms with E-state index in [1.54, 1.807) is 13.2 Å². The minimum absolute atomic E-state index is 0.114. The van der Waals surface area contributed by atoms with Crippen molar-refractivity contribution in [1.29, 1.82) is 0 Å². The number of aromatic nitrogens is 4. The van der Waals surface area contributed by atoms with E-state index in [9.17, 15) is 4.79 Å². The average Bonchev–Trinajstić information content (AvgIpc) is 2.78. The summed E-state index contributed by atoms with van der Waals surface area (Å²) in [7, 11) is 3.01. The molecule has 0 aliphatic heterocycles. The first-order valence-electron chi connectivity index (χ1n) is 5.22. The Balaban J connectivity index is 2.15. The van der Waals surface area contributed by atoms with Crippen LogP contribution in [0.15, 0.2) is 24.4 Å². The number of esters is 1. The lowest BCUT2D eigenvalue weighted by Gasteiger charge is -1.98. The third-order valence-electron chi connectivity index (χ3n) is 2.18. The van der Waals surface area contributed by atoms with Crippen LogP contribution >= 0.6 is 0 Å². The van der Waals surface area contributed by atoms with Crippen LogP contribution in [-0.2, 0) is 16.6 Å². The van der Waals surface area contributed by atoms with Crippen LogP contribution in [0.1, 0.15) is 0 Å². The van der Waals surface area contributed by atoms with Gasteiger partial charge in [-0.2, -0.15) is 4.98 Å². The molecule has 0 saturated heterocycles. The second-order valence-corrected chi connectivity index (χ2v) is 3.42. The van der Waals surface area contributed by atoms with E-state index in [1.165, 1.54) is 11.8 Å². The Kier molecular flexibility index (Phi) is 3.52. The Bertz CT molecular complexity index is 538. The molecule has 2 heterocycles. The lowest BCUT2D eigenvalue weighted by molar-refractivity contribution is -0.143. The highest BCUT2D eigenvalue weighted by molar-refractivity contribution is 5.70. The predicted molar refractivity (Wildman–Crippen MR) is 61.7 cm³/mol. The molecule has 0 atom stereocenters. The molecule has 0 spiro atoms. The predicted octanol–water partition coefficient (Wildman–Crippen LogP) is 0.429. The van der Waals surface area contributed by atoms with Gasteiger partial charge in [-0.15, -0.1) is 5.10 Å². The van der Waals surface area contributed by atoms with Crippen molar-refractivity contribution in [3.05, 3.63) is 24.4 Å². The maximum absolute atomic E-state index is 10.9. The van der Waals surface area contributed by atoms with E-state index in [0.29, 0.717) is 11.5 Å². The van der Waals surface area contributed by atoms with Crippen LogP contribution in [0.25, 0.3) is 11.5 Å². The van der Waals surface area contributed by atoms with Gasteiger partial charge in [-0.3, -0.25) is 4.98 Å². The number of nitrogens with zero attached hydrogens (tertiary/aromatic N) is 4. The molecule has 0 unspecified atom stereocenters. The smallest absolute Gasteiger partial charge is 0.344 e. The zero-order valence-corrected chi connectivity index (χ0v) is 10.0. The van der Waals surface area contributed by atoms with Crippen LogP contribution in [0.2, 0.25) is 0 Å². The zero-order valence-electron chi connectivity index (χ0n) is 10.0. The number of methoxy groups -OCH3 is 1. The number of carbonyl (C=O) groups is 1. The third-order valence-corrected chi connectivity index (χ3v) is 2.18. The normalized spacial score (nSPS) is 10.1. The molecule has 0 bridgehead atoms. The van der Waals surface area contributed by atoms with Crippen molar-refractivity contribution in [2.24, 2.45) is 7.05 Å². The van der Waals surface area contributed by atoms with E-state index < -0.39 is 5.97 Å². The molecule has 2 aromatic rings. The van der Waals surface area contributed by atoms with Crippen molar-refractivity contribution in [2.45, 2.75) is 0 Å². The van der Waals surface area contributed by atoms with E-state index in [2.05, 4.69) is 19.8 Å². The molecule has 0 N–H and O–H groups in total. The SMILES string of the molecule is COC(=O)COc1nc(-c2ccccn2)n(C)n1. The highest BCUT2D eigenvalue weighted by Crippen LogP contribution is 2.15. The van der Waals surface area contributed by atoms with Crippen LogP contribution in [0.5, 0.6) is 6.01 Å². The van der Waals surface area contributed by atoms with Crippen LogP contribution in [0, 0.1) is 0 Å². The van der Waals surface area contributed by atoms with Gasteiger partial charge in [0.1, 0.15) is 5.69 Å². The van der Waals surface area contributed by atoms with Crippen LogP contribution in [0.4, 0.5) is 0 Å². The fourth-order valence-electron chi connectivity index (χ4n) is 1.32. The van der Waals surface area contributed by atoms with Gasteiger partial charge in [-0.05, 0) is 12.1 Å². The molecule has 7 heteroatoms. The minimum atomic E-state index is -0.484. The van der Waals surface area contributed by atoms with Gasteiger partial charge in [0.2, 0.25) is 0 Å². The van der Waals surface area contributed by atoms with Gasteiger partial charge >= 0.3 is 12.0 Å². The molecule has 0 aliphatic rings. The monoisotopic (exact) mass is 248 g/mol. The average molecular weight is 248 g/mol. The van der Waals surface area contributed by atoms with Gasteiger partial charge in [0, 0.05) is 13.2 Å². The summed E-state index contributed by atoms with van der Waals surface area (Å²) in [5.41, 5.74) is 0.681. The van der Waals surface area contributed by atoms with Gasteiger partial charge < -0.3 is 9.47 Å². The first-order chi connectivity index (χ1) is 8.70. The summed E-state index contributed by atoms with van der Waals surface area (Å²) in [6.07, 6.45) is 1.67. The maximum Gasteiger partial charge on any atom is 0.344 e. The van der Waals surface area contributed by atoms with E-state index in [0.717, 1.165) is 0 Å². The fourth-order valence-corrected chi connectivity index (χ4v) is 1.32. The summed E-state index contributed by atoms with van der Waals surface area (Å²) < 4.78 is 11.1. The molecule has 2 aromatic heterocycles. The molecule has 18 heavy (non-hydrogen) atoms. The van der Waals surface area contributed by atoms with Crippen molar-refractivity contribution in [3.8, 4) is 17.5 Å². The molecule has 0 aliphatic carbocycles. The van der Waals surface area contributed by atoms with Gasteiger partial charge in [0.15, 0.2) is 12.4 Å². The lowest BCUT2D eigenvalue weighted by Crippen LogP contribution is -2.13. The molecular formula is C11H12N4O3. The second-order valence-electron chi connectivity index (χ2n) is 3.42. The van der Waals surface area contributed by atoms with E-state index >= 15 is 0 Å². The van der Waals surface area contributed by atoms with Crippen molar-refractivity contribution in [3.63, 3.8) is 0 Å². The Morgan fingerprint density at radius 1 is 1.44 bits per heavy atom. The number of hydrogen-bond donors (Lipinski definition) is 0. The van der Waals surface area contributed by atoms with E-state index in [-0.39, 0.29) is 12.6 Å². The van der Waals surface area contributed by atoms with Crippen molar-refractivity contribution >= 4 is 5.97 Å². The molecule has 0 fully saturated rings. The fraction of sp³-hybridized carbons (Fsp3) is 0.273. The van der Waals surface area contributed by atoms with Crippen LogP contribution in [-0.4, -0.2) is 39.4 Å². The minimum Gasteiger partial charge on any atom is -0.466 e. The summed E-state index contributed by atoms with van der Waals surface area (Å²) >= 11 is 0. The summed E-state index contributed by atoms with van der Waals surface area (Å²) in [6.45, 7) is -0.220. The van der Waals surface area contributed by atoms with Crippen molar-refractivity contribution in [1.82, 2.24) is 19.7 Å². The molecule has 0 amide bonds. The topological polar surface area (TPSA) is 79.1 Å².